The molecule has 1 fully saturated rings. The van der Waals surface area contributed by atoms with Gasteiger partial charge in [-0.2, -0.15) is 0 Å². The normalized spacial score (nSPS) is 16.9. The Morgan fingerprint density at radius 2 is 1.83 bits per heavy atom. The molecule has 1 N–H and O–H groups in total. The van der Waals surface area contributed by atoms with Crippen molar-refractivity contribution in [2.24, 2.45) is 5.92 Å². The lowest BCUT2D eigenvalue weighted by Gasteiger charge is -2.33. The van der Waals surface area contributed by atoms with Crippen molar-refractivity contribution in [3.63, 3.8) is 0 Å². The number of nitrogens with zero attached hydrogens (tertiary/aromatic N) is 1. The number of piperidine rings is 1. The number of likely N-dealkylation sites (tertiary alicyclic amines) is 1. The Kier molecular flexibility index (Phi) is 6.20. The Morgan fingerprint density at radius 3 is 2.39 bits per heavy atom. The molecule has 2 amide bonds. The number of hydrogen-bond donors (Lipinski definition) is 1. The molecule has 0 aromatic heterocycles. The van der Waals surface area contributed by atoms with E-state index < -0.39 is 6.04 Å². The van der Waals surface area contributed by atoms with Gasteiger partial charge in [-0.1, -0.05) is 29.8 Å². The highest BCUT2D eigenvalue weighted by atomic mass is 16.2. The monoisotopic (exact) mass is 316 g/mol. The van der Waals surface area contributed by atoms with Crippen LogP contribution in [0.15, 0.2) is 24.3 Å². The molecule has 1 saturated heterocycles. The van der Waals surface area contributed by atoms with Crippen molar-refractivity contribution < 1.29 is 9.59 Å². The fourth-order valence-electron chi connectivity index (χ4n) is 3.21. The second-order valence-electron chi connectivity index (χ2n) is 6.72. The highest BCUT2D eigenvalue weighted by molar-refractivity contribution is 5.86. The first kappa shape index (κ1) is 17.5. The van der Waals surface area contributed by atoms with Crippen LogP contribution in [0.3, 0.4) is 0 Å². The lowest BCUT2D eigenvalue weighted by Crippen LogP contribution is -2.49. The molecule has 1 aromatic rings. The summed E-state index contributed by atoms with van der Waals surface area (Å²) in [5, 5.41) is 2.67. The van der Waals surface area contributed by atoms with Crippen molar-refractivity contribution in [3.05, 3.63) is 35.4 Å². The van der Waals surface area contributed by atoms with E-state index in [1.54, 1.807) is 6.92 Å². The van der Waals surface area contributed by atoms with Crippen LogP contribution >= 0.6 is 0 Å². The first-order valence-corrected chi connectivity index (χ1v) is 8.57. The number of amides is 2. The first-order valence-electron chi connectivity index (χ1n) is 8.57. The third-order valence-electron chi connectivity index (χ3n) is 4.68. The van der Waals surface area contributed by atoms with Gasteiger partial charge in [-0.3, -0.25) is 9.59 Å². The molecular formula is C19H28N2O2. The molecule has 0 radical (unpaired) electrons. The number of carbonyl (C=O) groups is 2. The molecule has 1 aliphatic rings. The molecule has 23 heavy (non-hydrogen) atoms. The number of benzene rings is 1. The maximum atomic E-state index is 12.3. The van der Waals surface area contributed by atoms with Gasteiger partial charge in [0.15, 0.2) is 0 Å². The number of rotatable bonds is 5. The van der Waals surface area contributed by atoms with Crippen molar-refractivity contribution in [3.8, 4) is 0 Å². The Labute approximate surface area is 139 Å². The van der Waals surface area contributed by atoms with Crippen molar-refractivity contribution in [1.29, 1.82) is 0 Å². The van der Waals surface area contributed by atoms with Crippen molar-refractivity contribution in [2.45, 2.75) is 52.5 Å². The average Bonchev–Trinajstić information content (AvgIpc) is 2.53. The summed E-state index contributed by atoms with van der Waals surface area (Å²) in [7, 11) is 0. The smallest absolute Gasteiger partial charge is 0.244 e. The molecule has 1 heterocycles. The van der Waals surface area contributed by atoms with Gasteiger partial charge in [-0.25, -0.2) is 0 Å². The molecule has 0 bridgehead atoms. The minimum absolute atomic E-state index is 0.0391. The molecule has 4 heteroatoms. The zero-order chi connectivity index (χ0) is 16.8. The summed E-state index contributed by atoms with van der Waals surface area (Å²) in [5.41, 5.74) is 2.70. The maximum absolute atomic E-state index is 12.3. The lowest BCUT2D eigenvalue weighted by molar-refractivity contribution is -0.136. The van der Waals surface area contributed by atoms with E-state index in [4.69, 9.17) is 0 Å². The van der Waals surface area contributed by atoms with Crippen LogP contribution in [0.5, 0.6) is 0 Å². The summed E-state index contributed by atoms with van der Waals surface area (Å²) in [4.78, 5) is 25.2. The van der Waals surface area contributed by atoms with Crippen molar-refractivity contribution >= 4 is 11.8 Å². The highest BCUT2D eigenvalue weighted by Crippen LogP contribution is 2.23. The second kappa shape index (κ2) is 8.14. The summed E-state index contributed by atoms with van der Waals surface area (Å²) in [6, 6.07) is 8.34. The Hall–Kier alpha value is -1.84. The van der Waals surface area contributed by atoms with E-state index in [0.717, 1.165) is 32.4 Å². The van der Waals surface area contributed by atoms with Gasteiger partial charge in [0.05, 0.1) is 0 Å². The summed E-state index contributed by atoms with van der Waals surface area (Å²) in [6.07, 6.45) is 4.42. The Balaban J connectivity index is 1.74. The molecular weight excluding hydrogens is 288 g/mol. The SMILES string of the molecule is CC(=O)NC(C)C(=O)N1CCC(CCc2ccc(C)cc2)CC1. The molecule has 0 spiro atoms. The van der Waals surface area contributed by atoms with Crippen LogP contribution in [0.25, 0.3) is 0 Å². The van der Waals surface area contributed by atoms with Crippen molar-refractivity contribution in [2.75, 3.05) is 13.1 Å². The molecule has 2 rings (SSSR count). The van der Waals surface area contributed by atoms with Crippen molar-refractivity contribution in [1.82, 2.24) is 10.2 Å². The standard InChI is InChI=1S/C19H28N2O2/c1-14-4-6-17(7-5-14)8-9-18-10-12-21(13-11-18)19(23)15(2)20-16(3)22/h4-7,15,18H,8-13H2,1-3H3,(H,20,22). The van der Waals surface area contributed by atoms with Crippen LogP contribution in [0.2, 0.25) is 0 Å². The largest absolute Gasteiger partial charge is 0.345 e. The van der Waals surface area contributed by atoms with Crippen LogP contribution in [0, 0.1) is 12.8 Å². The zero-order valence-electron chi connectivity index (χ0n) is 14.5. The molecule has 1 aromatic carbocycles. The van der Waals surface area contributed by atoms with E-state index in [0.29, 0.717) is 5.92 Å². The molecule has 0 aliphatic carbocycles. The molecule has 1 atom stereocenters. The highest BCUT2D eigenvalue weighted by Gasteiger charge is 2.26. The zero-order valence-corrected chi connectivity index (χ0v) is 14.5. The predicted octanol–water partition coefficient (Wildman–Crippen LogP) is 2.69. The summed E-state index contributed by atoms with van der Waals surface area (Å²) in [6.45, 7) is 6.93. The molecule has 126 valence electrons. The topological polar surface area (TPSA) is 49.4 Å². The first-order chi connectivity index (χ1) is 11.0. The van der Waals surface area contributed by atoms with Crippen LogP contribution < -0.4 is 5.32 Å². The van der Waals surface area contributed by atoms with Gasteiger partial charge in [0, 0.05) is 20.0 Å². The third-order valence-corrected chi connectivity index (χ3v) is 4.68. The van der Waals surface area contributed by atoms with Gasteiger partial charge < -0.3 is 10.2 Å². The number of nitrogens with one attached hydrogen (secondary N) is 1. The number of aryl methyl sites for hydroxylation is 2. The van der Waals surface area contributed by atoms with Gasteiger partial charge >= 0.3 is 0 Å². The molecule has 0 saturated carbocycles. The maximum Gasteiger partial charge on any atom is 0.244 e. The molecule has 4 nitrogen and oxygen atoms in total. The molecule has 1 unspecified atom stereocenters. The van der Waals surface area contributed by atoms with Gasteiger partial charge in [-0.15, -0.1) is 0 Å². The second-order valence-corrected chi connectivity index (χ2v) is 6.72. The van der Waals surface area contributed by atoms with E-state index in [1.165, 1.54) is 24.5 Å². The fourth-order valence-corrected chi connectivity index (χ4v) is 3.21. The van der Waals surface area contributed by atoms with Gasteiger partial charge in [-0.05, 0) is 51.0 Å². The van der Waals surface area contributed by atoms with Crippen LogP contribution in [0.4, 0.5) is 0 Å². The third kappa shape index (κ3) is 5.38. The predicted molar refractivity (Wildman–Crippen MR) is 92.1 cm³/mol. The van der Waals surface area contributed by atoms with Gasteiger partial charge in [0.2, 0.25) is 11.8 Å². The van der Waals surface area contributed by atoms with Crippen LogP contribution in [-0.4, -0.2) is 35.8 Å². The van der Waals surface area contributed by atoms with Crippen LogP contribution in [0.1, 0.15) is 44.2 Å². The van der Waals surface area contributed by atoms with E-state index in [1.807, 2.05) is 4.90 Å². The average molecular weight is 316 g/mol. The number of carbonyl (C=O) groups excluding carboxylic acids is 2. The summed E-state index contributed by atoms with van der Waals surface area (Å²) in [5.74, 6) is 0.576. The van der Waals surface area contributed by atoms with E-state index in [2.05, 4.69) is 36.5 Å². The Morgan fingerprint density at radius 1 is 1.22 bits per heavy atom. The number of hydrogen-bond acceptors (Lipinski definition) is 2. The van der Waals surface area contributed by atoms with E-state index in [9.17, 15) is 9.59 Å². The van der Waals surface area contributed by atoms with Crippen LogP contribution in [-0.2, 0) is 16.0 Å². The minimum Gasteiger partial charge on any atom is -0.345 e. The minimum atomic E-state index is -0.420. The fraction of sp³-hybridized carbons (Fsp3) is 0.579. The Bertz CT molecular complexity index is 531. The quantitative estimate of drug-likeness (QED) is 0.908. The van der Waals surface area contributed by atoms with Gasteiger partial charge in [0.25, 0.3) is 0 Å². The van der Waals surface area contributed by atoms with Gasteiger partial charge in [0.1, 0.15) is 6.04 Å². The van der Waals surface area contributed by atoms with E-state index >= 15 is 0 Å². The molecule has 1 aliphatic heterocycles. The van der Waals surface area contributed by atoms with E-state index in [-0.39, 0.29) is 11.8 Å². The lowest BCUT2D eigenvalue weighted by atomic mass is 9.90. The summed E-state index contributed by atoms with van der Waals surface area (Å²) >= 11 is 0. The summed E-state index contributed by atoms with van der Waals surface area (Å²) < 4.78 is 0.